The number of nitrogen functional groups attached to an aromatic ring is 1. The van der Waals surface area contributed by atoms with Crippen molar-refractivity contribution in [1.29, 1.82) is 0 Å². The van der Waals surface area contributed by atoms with E-state index in [1.54, 1.807) is 12.1 Å². The summed E-state index contributed by atoms with van der Waals surface area (Å²) in [5.74, 6) is 4.99. The highest BCUT2D eigenvalue weighted by atomic mass is 19.1. The molecule has 3 rings (SSSR count). The van der Waals surface area contributed by atoms with E-state index in [0.29, 0.717) is 22.1 Å². The Morgan fingerprint density at radius 3 is 3.00 bits per heavy atom. The fraction of sp³-hybridized carbons (Fsp3) is 0. The van der Waals surface area contributed by atoms with Gasteiger partial charge in [-0.1, -0.05) is 12.1 Å². The number of hydrogen-bond donors (Lipinski definition) is 3. The molecule has 0 saturated heterocycles. The number of aromatic nitrogens is 4. The number of halogens is 1. The summed E-state index contributed by atoms with van der Waals surface area (Å²) >= 11 is 0. The van der Waals surface area contributed by atoms with E-state index in [9.17, 15) is 4.39 Å². The number of rotatable bonds is 1. The van der Waals surface area contributed by atoms with Gasteiger partial charge < -0.3 is 4.98 Å². The lowest BCUT2D eigenvalue weighted by atomic mass is 10.2. The molecule has 0 amide bonds. The molecule has 1 aromatic carbocycles. The highest BCUT2D eigenvalue weighted by Gasteiger charge is 2.10. The molecule has 2 heterocycles. The van der Waals surface area contributed by atoms with Gasteiger partial charge in [0.15, 0.2) is 5.65 Å². The molecule has 0 aliphatic rings. The van der Waals surface area contributed by atoms with Crippen LogP contribution in [0.4, 0.5) is 10.3 Å². The SMILES string of the molecule is NNc1nnc2c(n1)[nH]c1c(F)cccc12. The molecule has 0 fully saturated rings. The smallest absolute Gasteiger partial charge is 0.258 e. The maximum atomic E-state index is 13.5. The van der Waals surface area contributed by atoms with Crippen molar-refractivity contribution < 1.29 is 4.39 Å². The van der Waals surface area contributed by atoms with Gasteiger partial charge in [-0.2, -0.15) is 4.98 Å². The Balaban J connectivity index is 2.45. The Hall–Kier alpha value is -2.28. The van der Waals surface area contributed by atoms with Gasteiger partial charge in [0.1, 0.15) is 11.3 Å². The molecular weight excluding hydrogens is 211 g/mol. The summed E-state index contributed by atoms with van der Waals surface area (Å²) in [7, 11) is 0. The quantitative estimate of drug-likeness (QED) is 0.417. The van der Waals surface area contributed by atoms with E-state index in [0.717, 1.165) is 0 Å². The van der Waals surface area contributed by atoms with Crippen LogP contribution in [0.1, 0.15) is 0 Å². The predicted octanol–water partition coefficient (Wildman–Crippen LogP) is 0.931. The monoisotopic (exact) mass is 218 g/mol. The van der Waals surface area contributed by atoms with Crippen LogP contribution in [-0.2, 0) is 0 Å². The Morgan fingerprint density at radius 2 is 2.19 bits per heavy atom. The normalized spacial score (nSPS) is 11.1. The van der Waals surface area contributed by atoms with E-state index in [-0.39, 0.29) is 11.8 Å². The van der Waals surface area contributed by atoms with Gasteiger partial charge in [-0.25, -0.2) is 10.2 Å². The summed E-state index contributed by atoms with van der Waals surface area (Å²) in [5, 5.41) is 8.32. The third-order valence-electron chi connectivity index (χ3n) is 2.33. The third kappa shape index (κ3) is 1.12. The Bertz CT molecular complexity index is 676. The second-order valence-electron chi connectivity index (χ2n) is 3.26. The van der Waals surface area contributed by atoms with Gasteiger partial charge in [-0.05, 0) is 6.07 Å². The van der Waals surface area contributed by atoms with Gasteiger partial charge in [-0.15, -0.1) is 10.2 Å². The van der Waals surface area contributed by atoms with Gasteiger partial charge in [0.05, 0.1) is 5.52 Å². The first-order valence-electron chi connectivity index (χ1n) is 4.57. The summed E-state index contributed by atoms with van der Waals surface area (Å²) in [6.07, 6.45) is 0. The molecule has 0 spiro atoms. The second kappa shape index (κ2) is 3.11. The van der Waals surface area contributed by atoms with Crippen LogP contribution in [0.5, 0.6) is 0 Å². The Kier molecular flexibility index (Phi) is 1.74. The summed E-state index contributed by atoms with van der Waals surface area (Å²) in [4.78, 5) is 6.88. The van der Waals surface area contributed by atoms with Crippen LogP contribution in [-0.4, -0.2) is 20.2 Å². The average Bonchev–Trinajstić information content (AvgIpc) is 2.68. The molecule has 16 heavy (non-hydrogen) atoms. The average molecular weight is 218 g/mol. The van der Waals surface area contributed by atoms with Gasteiger partial charge in [0.2, 0.25) is 0 Å². The fourth-order valence-electron chi connectivity index (χ4n) is 1.62. The Labute approximate surface area is 88.7 Å². The lowest BCUT2D eigenvalue weighted by molar-refractivity contribution is 0.637. The van der Waals surface area contributed by atoms with Crippen molar-refractivity contribution in [2.75, 3.05) is 5.43 Å². The minimum Gasteiger partial charge on any atom is -0.335 e. The number of para-hydroxylation sites is 1. The number of benzene rings is 1. The number of nitrogens with zero attached hydrogens (tertiary/aromatic N) is 3. The molecule has 0 unspecified atom stereocenters. The molecule has 0 aliphatic carbocycles. The molecule has 0 aliphatic heterocycles. The number of anilines is 1. The standard InChI is InChI=1S/C9H7FN6/c10-5-3-1-2-4-6(5)12-8-7(4)15-16-9(13-8)14-11/h1-3H,11H2,(H2,12,13,14,16). The van der Waals surface area contributed by atoms with Gasteiger partial charge >= 0.3 is 0 Å². The molecule has 0 radical (unpaired) electrons. The van der Waals surface area contributed by atoms with E-state index in [1.165, 1.54) is 6.07 Å². The van der Waals surface area contributed by atoms with Crippen molar-refractivity contribution in [2.24, 2.45) is 5.84 Å². The number of hydrazine groups is 1. The van der Waals surface area contributed by atoms with Crippen LogP contribution in [0.15, 0.2) is 18.2 Å². The largest absolute Gasteiger partial charge is 0.335 e. The first-order chi connectivity index (χ1) is 7.79. The fourth-order valence-corrected chi connectivity index (χ4v) is 1.62. The second-order valence-corrected chi connectivity index (χ2v) is 3.26. The highest BCUT2D eigenvalue weighted by Crippen LogP contribution is 2.23. The zero-order chi connectivity index (χ0) is 11.1. The zero-order valence-electron chi connectivity index (χ0n) is 8.03. The minimum atomic E-state index is -0.348. The van der Waals surface area contributed by atoms with Crippen LogP contribution in [0.2, 0.25) is 0 Å². The van der Waals surface area contributed by atoms with E-state index < -0.39 is 0 Å². The lowest BCUT2D eigenvalue weighted by Crippen LogP contribution is -2.10. The summed E-state index contributed by atoms with van der Waals surface area (Å²) in [6, 6.07) is 4.73. The molecule has 4 N–H and O–H groups in total. The third-order valence-corrected chi connectivity index (χ3v) is 2.33. The van der Waals surface area contributed by atoms with Crippen molar-refractivity contribution in [3.8, 4) is 0 Å². The van der Waals surface area contributed by atoms with Gasteiger partial charge in [-0.3, -0.25) is 5.43 Å². The maximum absolute atomic E-state index is 13.5. The zero-order valence-corrected chi connectivity index (χ0v) is 8.03. The number of fused-ring (bicyclic) bond motifs is 3. The topological polar surface area (TPSA) is 92.5 Å². The lowest BCUT2D eigenvalue weighted by Gasteiger charge is -1.94. The number of aromatic amines is 1. The van der Waals surface area contributed by atoms with Crippen molar-refractivity contribution in [1.82, 2.24) is 20.2 Å². The van der Waals surface area contributed by atoms with Crippen molar-refractivity contribution in [3.63, 3.8) is 0 Å². The van der Waals surface area contributed by atoms with E-state index in [2.05, 4.69) is 25.6 Å². The summed E-state index contributed by atoms with van der Waals surface area (Å²) < 4.78 is 13.5. The molecule has 0 bridgehead atoms. The van der Waals surface area contributed by atoms with Crippen LogP contribution in [0, 0.1) is 5.82 Å². The molecule has 2 aromatic heterocycles. The van der Waals surface area contributed by atoms with Gasteiger partial charge in [0.25, 0.3) is 5.95 Å². The number of nitrogens with one attached hydrogen (secondary N) is 2. The number of nitrogens with two attached hydrogens (primary N) is 1. The highest BCUT2D eigenvalue weighted by molar-refractivity contribution is 6.03. The van der Waals surface area contributed by atoms with Gasteiger partial charge in [0, 0.05) is 5.39 Å². The summed E-state index contributed by atoms with van der Waals surface area (Å²) in [5.41, 5.74) is 3.62. The molecule has 6 nitrogen and oxygen atoms in total. The van der Waals surface area contributed by atoms with Crippen molar-refractivity contribution in [3.05, 3.63) is 24.0 Å². The molecule has 7 heteroatoms. The number of hydrogen-bond acceptors (Lipinski definition) is 5. The van der Waals surface area contributed by atoms with E-state index in [4.69, 9.17) is 5.84 Å². The maximum Gasteiger partial charge on any atom is 0.258 e. The molecule has 0 saturated carbocycles. The Morgan fingerprint density at radius 1 is 1.31 bits per heavy atom. The van der Waals surface area contributed by atoms with Crippen LogP contribution >= 0.6 is 0 Å². The van der Waals surface area contributed by atoms with Crippen molar-refractivity contribution in [2.45, 2.75) is 0 Å². The molecule has 3 aromatic rings. The molecule has 0 atom stereocenters. The van der Waals surface area contributed by atoms with Crippen LogP contribution < -0.4 is 11.3 Å². The molecule has 80 valence electrons. The first-order valence-corrected chi connectivity index (χ1v) is 4.57. The number of H-pyrrole nitrogens is 1. The van der Waals surface area contributed by atoms with Crippen LogP contribution in [0.25, 0.3) is 22.1 Å². The van der Waals surface area contributed by atoms with Crippen LogP contribution in [0.3, 0.4) is 0 Å². The van der Waals surface area contributed by atoms with Crippen molar-refractivity contribution >= 4 is 28.0 Å². The van der Waals surface area contributed by atoms with E-state index >= 15 is 0 Å². The predicted molar refractivity (Wildman–Crippen MR) is 57.0 cm³/mol. The first kappa shape index (κ1) is 8.98. The molecular formula is C9H7FN6. The van der Waals surface area contributed by atoms with E-state index in [1.807, 2.05) is 0 Å². The summed E-state index contributed by atoms with van der Waals surface area (Å²) in [6.45, 7) is 0. The minimum absolute atomic E-state index is 0.180.